The van der Waals surface area contributed by atoms with E-state index < -0.39 is 26.5 Å². The highest BCUT2D eigenvalue weighted by atomic mass is 28.5. The second-order valence-corrected chi connectivity index (χ2v) is 15.4. The molecule has 30 heavy (non-hydrogen) atoms. The Labute approximate surface area is 187 Å². The molecule has 0 aromatic carbocycles. The van der Waals surface area contributed by atoms with E-state index in [0.717, 1.165) is 12.5 Å². The van der Waals surface area contributed by atoms with Gasteiger partial charge in [-0.15, -0.1) is 0 Å². The second kappa shape index (κ2) is 16.0. The molecule has 0 atom stereocenters. The van der Waals surface area contributed by atoms with Crippen molar-refractivity contribution in [3.05, 3.63) is 0 Å². The normalized spacial score (nSPS) is 13.4. The van der Waals surface area contributed by atoms with E-state index in [9.17, 15) is 0 Å². The highest BCUT2D eigenvalue weighted by Gasteiger charge is 2.64. The minimum atomic E-state index is -3.33. The summed E-state index contributed by atoms with van der Waals surface area (Å²) in [6, 6.07) is 0.792. The lowest BCUT2D eigenvalue weighted by atomic mass is 10.5. The number of hydrogen-bond acceptors (Lipinski definition) is 9. The van der Waals surface area contributed by atoms with Crippen LogP contribution in [-0.2, 0) is 35.4 Å². The molecule has 0 saturated carbocycles. The predicted octanol–water partition coefficient (Wildman–Crippen LogP) is 3.13. The summed E-state index contributed by atoms with van der Waals surface area (Å²) in [5, 5.41) is 0. The van der Waals surface area contributed by atoms with Gasteiger partial charge in [-0.2, -0.15) is 0 Å². The standard InChI is InChI=1S/C18H45NO8Si3/c1-10-22-29(23-11-2,24-12-3)19(17-16-18-28(9,20-7)21-8)30(25-13-4,26-14-5)27-15-6/h10-18H2,1-9H3. The van der Waals surface area contributed by atoms with Gasteiger partial charge in [0.25, 0.3) is 0 Å². The molecule has 0 aliphatic heterocycles. The van der Waals surface area contributed by atoms with Gasteiger partial charge in [-0.05, 0) is 67.1 Å². The van der Waals surface area contributed by atoms with E-state index in [1.807, 2.05) is 52.3 Å². The third-order valence-electron chi connectivity index (χ3n) is 4.50. The second-order valence-electron chi connectivity index (χ2n) is 6.44. The predicted molar refractivity (Wildman–Crippen MR) is 123 cm³/mol. The molecule has 182 valence electrons. The Balaban J connectivity index is 6.22. The van der Waals surface area contributed by atoms with Gasteiger partial charge < -0.3 is 35.4 Å². The highest BCUT2D eigenvalue weighted by molar-refractivity contribution is 6.75. The Bertz CT molecular complexity index is 372. The van der Waals surface area contributed by atoms with E-state index >= 15 is 0 Å². The maximum absolute atomic E-state index is 6.22. The van der Waals surface area contributed by atoms with Crippen LogP contribution in [0.15, 0.2) is 0 Å². The summed E-state index contributed by atoms with van der Waals surface area (Å²) >= 11 is 0. The first-order valence-corrected chi connectivity index (χ1v) is 16.9. The van der Waals surface area contributed by atoms with Crippen LogP contribution < -0.4 is 0 Å². The summed E-state index contributed by atoms with van der Waals surface area (Å²) in [4.78, 5) is 0. The van der Waals surface area contributed by atoms with Crippen LogP contribution in [0.5, 0.6) is 0 Å². The highest BCUT2D eigenvalue weighted by Crippen LogP contribution is 2.28. The summed E-state index contributed by atoms with van der Waals surface area (Å²) in [7, 11) is -5.50. The van der Waals surface area contributed by atoms with Crippen LogP contribution in [0.4, 0.5) is 0 Å². The van der Waals surface area contributed by atoms with Gasteiger partial charge in [-0.3, -0.25) is 0 Å². The first-order chi connectivity index (χ1) is 14.3. The van der Waals surface area contributed by atoms with Crippen molar-refractivity contribution >= 4 is 26.5 Å². The van der Waals surface area contributed by atoms with Gasteiger partial charge in [0.05, 0.1) is 0 Å². The van der Waals surface area contributed by atoms with Crippen molar-refractivity contribution in [2.45, 2.75) is 60.6 Å². The zero-order valence-electron chi connectivity index (χ0n) is 20.6. The van der Waals surface area contributed by atoms with Gasteiger partial charge in [0.1, 0.15) is 0 Å². The fourth-order valence-corrected chi connectivity index (χ4v) is 11.5. The van der Waals surface area contributed by atoms with Crippen LogP contribution in [0.25, 0.3) is 0 Å². The lowest BCUT2D eigenvalue weighted by Crippen LogP contribution is -2.75. The molecule has 0 N–H and O–H groups in total. The first kappa shape index (κ1) is 30.3. The van der Waals surface area contributed by atoms with Crippen LogP contribution in [-0.4, -0.2) is 91.1 Å². The van der Waals surface area contributed by atoms with Crippen molar-refractivity contribution in [2.75, 3.05) is 60.4 Å². The average Bonchev–Trinajstić information content (AvgIpc) is 2.72. The molecule has 0 rings (SSSR count). The Morgan fingerprint density at radius 3 is 1.10 bits per heavy atom. The molecule has 0 aliphatic rings. The van der Waals surface area contributed by atoms with Gasteiger partial charge in [-0.25, -0.2) is 4.23 Å². The smallest absolute Gasteiger partial charge is 0.398 e. The summed E-state index contributed by atoms with van der Waals surface area (Å²) in [5.41, 5.74) is 0. The summed E-state index contributed by atoms with van der Waals surface area (Å²) in [6.45, 7) is 16.9. The SMILES string of the molecule is CCO[Si](OCC)(OCC)N(CCC[Si](C)(OC)OC)[Si](OCC)(OCC)OCC. The van der Waals surface area contributed by atoms with E-state index in [0.29, 0.717) is 46.2 Å². The maximum atomic E-state index is 6.22. The van der Waals surface area contributed by atoms with Gasteiger partial charge in [0, 0.05) is 53.9 Å². The molecule has 9 nitrogen and oxygen atoms in total. The lowest BCUT2D eigenvalue weighted by molar-refractivity contribution is -0.0192. The molecule has 0 amide bonds. The van der Waals surface area contributed by atoms with E-state index in [-0.39, 0.29) is 0 Å². The molecule has 0 saturated heterocycles. The molecule has 0 aliphatic carbocycles. The molecule has 12 heteroatoms. The average molecular weight is 488 g/mol. The molecule has 0 spiro atoms. The van der Waals surface area contributed by atoms with Crippen molar-refractivity contribution in [1.82, 2.24) is 4.23 Å². The van der Waals surface area contributed by atoms with E-state index in [1.165, 1.54) is 0 Å². The van der Waals surface area contributed by atoms with E-state index in [4.69, 9.17) is 35.4 Å². The van der Waals surface area contributed by atoms with Crippen LogP contribution in [0.3, 0.4) is 0 Å². The van der Waals surface area contributed by atoms with Crippen LogP contribution >= 0.6 is 0 Å². The first-order valence-electron chi connectivity index (χ1n) is 11.0. The Morgan fingerprint density at radius 1 is 0.567 bits per heavy atom. The molecule has 0 heterocycles. The Morgan fingerprint density at radius 2 is 0.867 bits per heavy atom. The zero-order valence-corrected chi connectivity index (χ0v) is 23.6. The maximum Gasteiger partial charge on any atom is 0.598 e. The Kier molecular flexibility index (Phi) is 16.1. The quantitative estimate of drug-likeness (QED) is 0.241. The van der Waals surface area contributed by atoms with Gasteiger partial charge >= 0.3 is 26.5 Å². The molecular formula is C18H45NO8Si3. The fraction of sp³-hybridized carbons (Fsp3) is 1.00. The summed E-state index contributed by atoms with van der Waals surface area (Å²) < 4.78 is 50.6. The van der Waals surface area contributed by atoms with Crippen molar-refractivity contribution in [3.8, 4) is 0 Å². The number of rotatable bonds is 20. The topological polar surface area (TPSA) is 77.1 Å². The molecule has 0 radical (unpaired) electrons. The largest absolute Gasteiger partial charge is 0.598 e. The number of nitrogens with zero attached hydrogens (tertiary/aromatic N) is 1. The van der Waals surface area contributed by atoms with Crippen LogP contribution in [0.2, 0.25) is 12.6 Å². The molecule has 0 aromatic rings. The van der Waals surface area contributed by atoms with Crippen molar-refractivity contribution in [1.29, 1.82) is 0 Å². The monoisotopic (exact) mass is 487 g/mol. The van der Waals surface area contributed by atoms with Gasteiger partial charge in [0.2, 0.25) is 0 Å². The van der Waals surface area contributed by atoms with Crippen LogP contribution in [0.1, 0.15) is 48.0 Å². The molecule has 0 aromatic heterocycles. The minimum Gasteiger partial charge on any atom is -0.398 e. The third-order valence-corrected chi connectivity index (χ3v) is 14.8. The zero-order chi connectivity index (χ0) is 23.1. The van der Waals surface area contributed by atoms with Crippen molar-refractivity contribution < 1.29 is 35.4 Å². The number of hydrogen-bond donors (Lipinski definition) is 0. The van der Waals surface area contributed by atoms with Crippen molar-refractivity contribution in [2.24, 2.45) is 0 Å². The summed E-state index contributed by atoms with van der Waals surface area (Å²) in [6.07, 6.45) is 0.772. The van der Waals surface area contributed by atoms with Gasteiger partial charge in [-0.1, -0.05) is 0 Å². The van der Waals surface area contributed by atoms with Gasteiger partial charge in [0.15, 0.2) is 0 Å². The molecule has 0 bridgehead atoms. The minimum absolute atomic E-state index is 0.445. The lowest BCUT2D eigenvalue weighted by Gasteiger charge is -2.45. The summed E-state index contributed by atoms with van der Waals surface area (Å²) in [5.74, 6) is 0. The molecular weight excluding hydrogens is 442 g/mol. The molecule has 0 fully saturated rings. The van der Waals surface area contributed by atoms with E-state index in [2.05, 4.69) is 0 Å². The fourth-order valence-electron chi connectivity index (χ4n) is 3.10. The van der Waals surface area contributed by atoms with Crippen LogP contribution in [0, 0.1) is 0 Å². The van der Waals surface area contributed by atoms with E-state index in [1.54, 1.807) is 14.2 Å². The Hall–Kier alpha value is 0.291. The van der Waals surface area contributed by atoms with Crippen molar-refractivity contribution in [3.63, 3.8) is 0 Å². The third kappa shape index (κ3) is 8.67. The molecule has 0 unspecified atom stereocenters.